The van der Waals surface area contributed by atoms with Crippen molar-refractivity contribution in [2.24, 2.45) is 0 Å². The van der Waals surface area contributed by atoms with Crippen LogP contribution in [0.25, 0.3) is 0 Å². The summed E-state index contributed by atoms with van der Waals surface area (Å²) < 4.78 is 0. The fraction of sp³-hybridized carbons (Fsp3) is 0.300. The van der Waals surface area contributed by atoms with Gasteiger partial charge in [0.25, 0.3) is 0 Å². The Morgan fingerprint density at radius 3 is 2.79 bits per heavy atom. The van der Waals surface area contributed by atoms with Gasteiger partial charge in [-0.25, -0.2) is 0 Å². The van der Waals surface area contributed by atoms with E-state index < -0.39 is 0 Å². The van der Waals surface area contributed by atoms with Crippen molar-refractivity contribution in [1.29, 1.82) is 0 Å². The number of hydrogen-bond donors (Lipinski definition) is 1. The van der Waals surface area contributed by atoms with Crippen LogP contribution in [0.1, 0.15) is 18.9 Å². The van der Waals surface area contributed by atoms with Crippen LogP contribution in [0, 0.1) is 6.92 Å². The van der Waals surface area contributed by atoms with Gasteiger partial charge in [0.1, 0.15) is 5.78 Å². The number of ketones is 1. The summed E-state index contributed by atoms with van der Waals surface area (Å²) in [5, 5.41) is 2.62. The third kappa shape index (κ3) is 2.97. The maximum Gasteiger partial charge on any atom is 0.231 e. The number of amides is 1. The van der Waals surface area contributed by atoms with E-state index in [1.165, 1.54) is 6.92 Å². The second-order valence-corrected chi connectivity index (χ2v) is 3.12. The summed E-state index contributed by atoms with van der Waals surface area (Å²) in [5.74, 6) is -0.447. The molecule has 0 aliphatic heterocycles. The first-order valence-electron chi connectivity index (χ1n) is 4.29. The molecule has 4 heteroatoms. The van der Waals surface area contributed by atoms with E-state index in [9.17, 15) is 9.59 Å². The maximum absolute atomic E-state index is 11.2. The van der Waals surface area contributed by atoms with Gasteiger partial charge in [0.15, 0.2) is 0 Å². The smallest absolute Gasteiger partial charge is 0.231 e. The molecule has 1 rings (SSSR count). The summed E-state index contributed by atoms with van der Waals surface area (Å²) in [6.45, 7) is 3.25. The molecule has 0 fully saturated rings. The molecular weight excluding hydrogens is 180 g/mol. The lowest BCUT2D eigenvalue weighted by atomic mass is 10.2. The van der Waals surface area contributed by atoms with E-state index in [1.807, 2.05) is 6.92 Å². The predicted octanol–water partition coefficient (Wildman–Crippen LogP) is 1.31. The molecule has 4 nitrogen and oxygen atoms in total. The van der Waals surface area contributed by atoms with Crippen LogP contribution in [-0.2, 0) is 9.59 Å². The summed E-state index contributed by atoms with van der Waals surface area (Å²) in [5.41, 5.74) is 1.58. The summed E-state index contributed by atoms with van der Waals surface area (Å²) >= 11 is 0. The summed E-state index contributed by atoms with van der Waals surface area (Å²) in [6.07, 6.45) is 3.12. The van der Waals surface area contributed by atoms with E-state index in [4.69, 9.17) is 0 Å². The van der Waals surface area contributed by atoms with Crippen molar-refractivity contribution >= 4 is 17.4 Å². The number of anilines is 1. The fourth-order valence-corrected chi connectivity index (χ4v) is 1.02. The quantitative estimate of drug-likeness (QED) is 0.734. The Bertz CT molecular complexity index is 361. The third-order valence-corrected chi connectivity index (χ3v) is 1.72. The van der Waals surface area contributed by atoms with Crippen LogP contribution in [0.5, 0.6) is 0 Å². The Labute approximate surface area is 82.3 Å². The topological polar surface area (TPSA) is 59.1 Å². The van der Waals surface area contributed by atoms with Crippen molar-refractivity contribution in [3.8, 4) is 0 Å². The van der Waals surface area contributed by atoms with Gasteiger partial charge in [-0.2, -0.15) is 0 Å². The molecule has 1 aromatic heterocycles. The fourth-order valence-electron chi connectivity index (χ4n) is 1.02. The number of aryl methyl sites for hydroxylation is 1. The number of carbonyl (C=O) groups excluding carboxylic acids is 2. The highest BCUT2D eigenvalue weighted by Crippen LogP contribution is 2.11. The normalized spacial score (nSPS) is 9.57. The van der Waals surface area contributed by atoms with Gasteiger partial charge in [-0.3, -0.25) is 14.6 Å². The molecule has 0 aliphatic carbocycles. The first kappa shape index (κ1) is 10.4. The van der Waals surface area contributed by atoms with Gasteiger partial charge < -0.3 is 5.32 Å². The first-order chi connectivity index (χ1) is 6.59. The van der Waals surface area contributed by atoms with Crippen molar-refractivity contribution in [3.63, 3.8) is 0 Å². The molecule has 1 amide bonds. The average molecular weight is 192 g/mol. The van der Waals surface area contributed by atoms with Gasteiger partial charge in [0.2, 0.25) is 5.91 Å². The highest BCUT2D eigenvalue weighted by atomic mass is 16.2. The zero-order chi connectivity index (χ0) is 10.6. The molecule has 0 radical (unpaired) electrons. The predicted molar refractivity (Wildman–Crippen MR) is 52.9 cm³/mol. The molecule has 1 aromatic rings. The molecule has 0 bridgehead atoms. The van der Waals surface area contributed by atoms with E-state index in [2.05, 4.69) is 10.3 Å². The molecule has 1 N–H and O–H groups in total. The molecule has 0 aromatic carbocycles. The molecule has 0 saturated carbocycles. The van der Waals surface area contributed by atoms with Crippen LogP contribution in [0.4, 0.5) is 5.69 Å². The van der Waals surface area contributed by atoms with Crippen LogP contribution < -0.4 is 5.32 Å². The number of pyridine rings is 1. The summed E-state index contributed by atoms with van der Waals surface area (Å²) in [7, 11) is 0. The number of rotatable bonds is 3. The van der Waals surface area contributed by atoms with Crippen LogP contribution in [0.3, 0.4) is 0 Å². The summed E-state index contributed by atoms with van der Waals surface area (Å²) in [4.78, 5) is 25.7. The van der Waals surface area contributed by atoms with Crippen molar-refractivity contribution in [1.82, 2.24) is 4.98 Å². The average Bonchev–Trinajstić information content (AvgIpc) is 2.07. The second-order valence-electron chi connectivity index (χ2n) is 3.12. The van der Waals surface area contributed by atoms with E-state index in [0.29, 0.717) is 5.69 Å². The van der Waals surface area contributed by atoms with Crippen LogP contribution in [-0.4, -0.2) is 16.7 Å². The van der Waals surface area contributed by atoms with Gasteiger partial charge >= 0.3 is 0 Å². The molecule has 0 spiro atoms. The highest BCUT2D eigenvalue weighted by Gasteiger charge is 2.06. The van der Waals surface area contributed by atoms with E-state index in [0.717, 1.165) is 5.56 Å². The lowest BCUT2D eigenvalue weighted by Crippen LogP contribution is -2.15. The van der Waals surface area contributed by atoms with E-state index >= 15 is 0 Å². The molecule has 0 atom stereocenters. The SMILES string of the molecule is CC(=O)CC(=O)Nc1cnccc1C. The molecule has 0 unspecified atom stereocenters. The lowest BCUT2D eigenvalue weighted by molar-refractivity contribution is -0.124. The molecule has 14 heavy (non-hydrogen) atoms. The van der Waals surface area contributed by atoms with Crippen molar-refractivity contribution in [2.45, 2.75) is 20.3 Å². The Hall–Kier alpha value is -1.71. The number of carbonyl (C=O) groups is 2. The van der Waals surface area contributed by atoms with Gasteiger partial charge in [0, 0.05) is 6.20 Å². The number of nitrogens with one attached hydrogen (secondary N) is 1. The van der Waals surface area contributed by atoms with Crippen LogP contribution >= 0.6 is 0 Å². The number of aromatic nitrogens is 1. The molecule has 74 valence electrons. The Morgan fingerprint density at radius 1 is 1.50 bits per heavy atom. The molecule has 1 heterocycles. The number of hydrogen-bond acceptors (Lipinski definition) is 3. The van der Waals surface area contributed by atoms with Crippen molar-refractivity contribution in [2.75, 3.05) is 5.32 Å². The minimum Gasteiger partial charge on any atom is -0.324 e. The zero-order valence-electron chi connectivity index (χ0n) is 8.20. The Morgan fingerprint density at radius 2 is 2.21 bits per heavy atom. The Balaban J connectivity index is 2.65. The third-order valence-electron chi connectivity index (χ3n) is 1.72. The highest BCUT2D eigenvalue weighted by molar-refractivity contribution is 6.03. The minimum absolute atomic E-state index is 0.0890. The van der Waals surface area contributed by atoms with Crippen molar-refractivity contribution < 1.29 is 9.59 Å². The zero-order valence-corrected chi connectivity index (χ0v) is 8.20. The first-order valence-corrected chi connectivity index (χ1v) is 4.29. The maximum atomic E-state index is 11.2. The lowest BCUT2D eigenvalue weighted by Gasteiger charge is -2.05. The van der Waals surface area contributed by atoms with Crippen LogP contribution in [0.15, 0.2) is 18.5 Å². The largest absolute Gasteiger partial charge is 0.324 e. The summed E-state index contributed by atoms with van der Waals surface area (Å²) in [6, 6.07) is 1.80. The number of Topliss-reactive ketones (excluding diaryl/α,β-unsaturated/α-hetero) is 1. The molecular formula is C10H12N2O2. The molecule has 0 aliphatic rings. The number of nitrogens with zero attached hydrogens (tertiary/aromatic N) is 1. The van der Waals surface area contributed by atoms with E-state index in [1.54, 1.807) is 18.5 Å². The van der Waals surface area contributed by atoms with Crippen LogP contribution in [0.2, 0.25) is 0 Å². The van der Waals surface area contributed by atoms with E-state index in [-0.39, 0.29) is 18.1 Å². The van der Waals surface area contributed by atoms with Gasteiger partial charge in [-0.15, -0.1) is 0 Å². The molecule has 0 saturated heterocycles. The van der Waals surface area contributed by atoms with Gasteiger partial charge in [-0.1, -0.05) is 0 Å². The van der Waals surface area contributed by atoms with Gasteiger partial charge in [0.05, 0.1) is 18.3 Å². The van der Waals surface area contributed by atoms with Crippen molar-refractivity contribution in [3.05, 3.63) is 24.0 Å². The minimum atomic E-state index is -0.298. The monoisotopic (exact) mass is 192 g/mol. The Kier molecular flexibility index (Phi) is 3.34. The second kappa shape index (κ2) is 4.50. The standard InChI is InChI=1S/C10H12N2O2/c1-7-3-4-11-6-9(7)12-10(14)5-8(2)13/h3-4,6H,5H2,1-2H3,(H,12,14). The van der Waals surface area contributed by atoms with Gasteiger partial charge in [-0.05, 0) is 25.5 Å².